The Balaban J connectivity index is 0.000000173. The first-order valence-electron chi connectivity index (χ1n) is 30.4. The largest absolute Gasteiger partial charge is 0.463 e. The molecular weight excluding hydrogens is 997 g/mol. The molecule has 11 fully saturated rings. The fourth-order valence-corrected chi connectivity index (χ4v) is 14.7. The molecule has 0 amide bonds. The van der Waals surface area contributed by atoms with Gasteiger partial charge in [0.2, 0.25) is 6.10 Å². The van der Waals surface area contributed by atoms with Crippen molar-refractivity contribution in [3.63, 3.8) is 0 Å². The van der Waals surface area contributed by atoms with E-state index < -0.39 is 56.6 Å². The summed E-state index contributed by atoms with van der Waals surface area (Å²) in [4.78, 5) is 71.7. The zero-order chi connectivity index (χ0) is 58.3. The predicted molar refractivity (Wildman–Crippen MR) is 294 cm³/mol. The highest BCUT2D eigenvalue weighted by Gasteiger charge is 2.66. The van der Waals surface area contributed by atoms with Gasteiger partial charge in [0.1, 0.15) is 17.3 Å². The van der Waals surface area contributed by atoms with Crippen molar-refractivity contribution in [1.82, 2.24) is 0 Å². The van der Waals surface area contributed by atoms with Crippen LogP contribution in [0.3, 0.4) is 0 Å². The molecule has 2 heterocycles. The molecule has 15 nitrogen and oxygen atoms in total. The average molecular weight is 1100 g/mol. The van der Waals surface area contributed by atoms with Gasteiger partial charge in [-0.15, -0.1) is 0 Å². The fraction of sp³-hybridized carbons (Fsp3) is 0.905. The van der Waals surface area contributed by atoms with Gasteiger partial charge in [-0.2, -0.15) is 0 Å². The van der Waals surface area contributed by atoms with Gasteiger partial charge in [0.25, 0.3) is 0 Å². The van der Waals surface area contributed by atoms with Gasteiger partial charge < -0.3 is 43.4 Å². The molecule has 9 saturated carbocycles. The van der Waals surface area contributed by atoms with Gasteiger partial charge >= 0.3 is 35.8 Å². The summed E-state index contributed by atoms with van der Waals surface area (Å²) in [6, 6.07) is 0. The normalized spacial score (nSPS) is 36.9. The lowest BCUT2D eigenvalue weighted by Crippen LogP contribution is -2.67. The highest BCUT2D eigenvalue weighted by Crippen LogP contribution is 2.63. The number of hydrogen-bond acceptors (Lipinski definition) is 15. The summed E-state index contributed by atoms with van der Waals surface area (Å²) < 4.78 is 40.0. The first kappa shape index (κ1) is 63.9. The van der Waals surface area contributed by atoms with E-state index in [-0.39, 0.29) is 64.1 Å². The Kier molecular flexibility index (Phi) is 19.0. The standard InChI is InChI=1S/C23H38O3.C16H26O4.C14H24O4.C10H16O4/c1-5-20(3,4)19(24)25-22-12-17-11-18(13-22)15-23(14-17,16-22)26-21(6-2)9-7-8-10-21;1-4-13(2,3)12(17)20-16-7-11-5-14(18,9-16)8-15(19,6-11)10-16;1-7-10-14(6,9(3)11(15)17-10)18-12(16)13(4,5)8-2;1-4-10(2,3)9(12)14-7-5-6-13-8(7)11/h17-18H,5-16H2,1-4H3;11,18-19H,4-10H2,1-3H3;9-10H,7-8H2,1-6H3;7H,4-6H2,1-3H3. The third kappa shape index (κ3) is 13.8. The van der Waals surface area contributed by atoms with Gasteiger partial charge in [-0.25, -0.2) is 4.79 Å². The van der Waals surface area contributed by atoms with Crippen molar-refractivity contribution in [1.29, 1.82) is 0 Å². The predicted octanol–water partition coefficient (Wildman–Crippen LogP) is 11.9. The van der Waals surface area contributed by atoms with Crippen molar-refractivity contribution in [3.8, 4) is 0 Å². The lowest BCUT2D eigenvalue weighted by Gasteiger charge is -2.62. The van der Waals surface area contributed by atoms with Crippen molar-refractivity contribution in [2.24, 2.45) is 45.3 Å². The number of carbonyl (C=O) groups is 6. The molecule has 0 aromatic rings. The monoisotopic (exact) mass is 1100 g/mol. The van der Waals surface area contributed by atoms with Crippen LogP contribution in [0.25, 0.3) is 0 Å². The second-order valence-corrected chi connectivity index (χ2v) is 29.0. The first-order valence-corrected chi connectivity index (χ1v) is 30.4. The summed E-state index contributed by atoms with van der Waals surface area (Å²) in [5, 5.41) is 21.3. The highest BCUT2D eigenvalue weighted by molar-refractivity contribution is 5.83. The number of aliphatic hydroxyl groups is 2. The minimum absolute atomic E-state index is 0.00294. The van der Waals surface area contributed by atoms with Crippen molar-refractivity contribution in [2.45, 2.75) is 310 Å². The topological polar surface area (TPSA) is 207 Å². The lowest BCUT2D eigenvalue weighted by molar-refractivity contribution is -0.268. The van der Waals surface area contributed by atoms with Gasteiger partial charge in [-0.3, -0.25) is 24.0 Å². The molecular formula is C63H104O15. The molecule has 2 aliphatic heterocycles. The Hall–Kier alpha value is -3.30. The Bertz CT molecular complexity index is 2150. The molecule has 11 rings (SSSR count). The number of carbonyl (C=O) groups excluding carboxylic acids is 6. The molecule has 9 aliphatic carbocycles. The summed E-state index contributed by atoms with van der Waals surface area (Å²) in [5.41, 5.74) is -5.31. The number of hydrogen-bond donors (Lipinski definition) is 2. The van der Waals surface area contributed by atoms with E-state index >= 15 is 0 Å². The van der Waals surface area contributed by atoms with Crippen molar-refractivity contribution < 1.29 is 72.1 Å². The van der Waals surface area contributed by atoms with Crippen LogP contribution in [0.15, 0.2) is 0 Å². The third-order valence-corrected chi connectivity index (χ3v) is 20.8. The lowest BCUT2D eigenvalue weighted by atomic mass is 9.50. The van der Waals surface area contributed by atoms with Gasteiger partial charge in [-0.1, -0.05) is 54.4 Å². The van der Waals surface area contributed by atoms with E-state index in [2.05, 4.69) is 13.8 Å². The molecule has 2 saturated heterocycles. The van der Waals surface area contributed by atoms with Gasteiger partial charge in [0.15, 0.2) is 5.60 Å². The number of rotatable bonds is 16. The summed E-state index contributed by atoms with van der Waals surface area (Å²) in [7, 11) is 0. The van der Waals surface area contributed by atoms with Gasteiger partial charge in [0.05, 0.1) is 56.6 Å². The Labute approximate surface area is 468 Å². The highest BCUT2D eigenvalue weighted by atomic mass is 16.6. The van der Waals surface area contributed by atoms with Crippen molar-refractivity contribution in [2.75, 3.05) is 6.61 Å². The molecule has 8 bridgehead atoms. The zero-order valence-electron chi connectivity index (χ0n) is 51.1. The Morgan fingerprint density at radius 2 is 1.03 bits per heavy atom. The van der Waals surface area contributed by atoms with Crippen LogP contribution in [0.1, 0.15) is 258 Å². The summed E-state index contributed by atoms with van der Waals surface area (Å²) in [6.07, 6.45) is 19.7. The van der Waals surface area contributed by atoms with Crippen LogP contribution >= 0.6 is 0 Å². The molecule has 0 aromatic heterocycles. The minimum Gasteiger partial charge on any atom is -0.463 e. The molecule has 11 aliphatic rings. The van der Waals surface area contributed by atoms with Crippen LogP contribution in [0, 0.1) is 45.3 Å². The maximum absolute atomic E-state index is 12.9. The van der Waals surface area contributed by atoms with Gasteiger partial charge in [0, 0.05) is 32.1 Å². The van der Waals surface area contributed by atoms with Crippen LogP contribution in [-0.2, 0) is 61.9 Å². The maximum Gasteiger partial charge on any atom is 0.347 e. The van der Waals surface area contributed by atoms with E-state index in [0.29, 0.717) is 63.4 Å². The van der Waals surface area contributed by atoms with E-state index in [0.717, 1.165) is 57.8 Å². The van der Waals surface area contributed by atoms with Crippen molar-refractivity contribution in [3.05, 3.63) is 0 Å². The van der Waals surface area contributed by atoms with Gasteiger partial charge in [-0.05, 0) is 190 Å². The van der Waals surface area contributed by atoms with Crippen LogP contribution in [0.2, 0.25) is 0 Å². The van der Waals surface area contributed by atoms with E-state index in [4.69, 9.17) is 33.2 Å². The van der Waals surface area contributed by atoms with Crippen molar-refractivity contribution >= 4 is 35.8 Å². The second-order valence-electron chi connectivity index (χ2n) is 29.0. The molecule has 0 radical (unpaired) electrons. The van der Waals surface area contributed by atoms with E-state index in [1.165, 1.54) is 44.9 Å². The van der Waals surface area contributed by atoms with Crippen LogP contribution in [-0.4, -0.2) is 104 Å². The quantitative estimate of drug-likeness (QED) is 0.109. The average Bonchev–Trinajstić information content (AvgIpc) is 4.07. The second kappa shape index (κ2) is 23.2. The SMILES string of the molecule is CCC(C)(C)C(=O)OC12CC3CC(O)(CC(O)(C3)C1)C2.CCC(C)(C)C(=O)OC1CCOC1=O.CCC1(OC23CC4CC(CC(OC(=O)C(C)(C)CC)(C4)C2)C3)CCCC1.CCC1OC(=O)C(C)C1(C)OC(=O)C(C)(C)CC. The Morgan fingerprint density at radius 3 is 1.46 bits per heavy atom. The van der Waals surface area contributed by atoms with Crippen LogP contribution in [0.5, 0.6) is 0 Å². The first-order chi connectivity index (χ1) is 36.0. The number of esters is 6. The Morgan fingerprint density at radius 1 is 0.577 bits per heavy atom. The number of cyclic esters (lactones) is 2. The molecule has 0 spiro atoms. The molecule has 0 aromatic carbocycles. The van der Waals surface area contributed by atoms with E-state index in [9.17, 15) is 39.0 Å². The van der Waals surface area contributed by atoms with Crippen LogP contribution in [0.4, 0.5) is 0 Å². The smallest absolute Gasteiger partial charge is 0.347 e. The minimum atomic E-state index is -0.852. The number of ether oxygens (including phenoxy) is 7. The molecule has 8 unspecified atom stereocenters. The third-order valence-electron chi connectivity index (χ3n) is 20.8. The fourth-order valence-electron chi connectivity index (χ4n) is 14.7. The zero-order valence-corrected chi connectivity index (χ0v) is 51.1. The molecule has 15 heteroatoms. The summed E-state index contributed by atoms with van der Waals surface area (Å²) in [5.74, 6) is -0.278. The molecule has 446 valence electrons. The maximum atomic E-state index is 12.9. The van der Waals surface area contributed by atoms with E-state index in [1.54, 1.807) is 27.7 Å². The summed E-state index contributed by atoms with van der Waals surface area (Å²) >= 11 is 0. The molecule has 78 heavy (non-hydrogen) atoms. The van der Waals surface area contributed by atoms with Crippen LogP contribution < -0.4 is 0 Å². The summed E-state index contributed by atoms with van der Waals surface area (Å²) in [6.45, 7) is 31.1. The molecule has 8 atom stereocenters. The van der Waals surface area contributed by atoms with E-state index in [1.807, 2.05) is 69.2 Å². The molecule has 2 N–H and O–H groups in total.